The Balaban J connectivity index is 4.08. The minimum atomic E-state index is -4.54. The van der Waals surface area contributed by atoms with Crippen molar-refractivity contribution in [3.8, 4) is 0 Å². The van der Waals surface area contributed by atoms with E-state index in [1.165, 1.54) is 161 Å². The Morgan fingerprint density at radius 2 is 0.879 bits per heavy atom. The van der Waals surface area contributed by atoms with E-state index in [-0.39, 0.29) is 25.8 Å². The van der Waals surface area contributed by atoms with E-state index in [0.29, 0.717) is 24.1 Å². The highest BCUT2D eigenvalue weighted by Gasteiger charge is 2.20. The third kappa shape index (κ3) is 53.2. The third-order valence-electron chi connectivity index (χ3n) is 11.8. The normalized spacial score (nSPS) is 14.0. The number of nitrogens with zero attached hydrogens (tertiary/aromatic N) is 1. The zero-order valence-corrected chi connectivity index (χ0v) is 44.8. The minimum Gasteiger partial charge on any atom is -0.756 e. The van der Waals surface area contributed by atoms with Crippen LogP contribution in [-0.4, -0.2) is 70.7 Å². The molecule has 2 unspecified atom stereocenters. The second kappa shape index (κ2) is 49.6. The number of likely N-dealkylation sites (N-methyl/N-ethyl adjacent to an activating group) is 1. The van der Waals surface area contributed by atoms with E-state index >= 15 is 0 Å². The van der Waals surface area contributed by atoms with E-state index in [1.807, 2.05) is 21.1 Å². The fourth-order valence-corrected chi connectivity index (χ4v) is 8.32. The van der Waals surface area contributed by atoms with Crippen LogP contribution in [0, 0.1) is 0 Å². The van der Waals surface area contributed by atoms with Crippen LogP contribution in [0.3, 0.4) is 0 Å². The molecule has 0 radical (unpaired) electrons. The van der Waals surface area contributed by atoms with E-state index in [2.05, 4.69) is 74.6 Å². The summed E-state index contributed by atoms with van der Waals surface area (Å²) >= 11 is 0. The average Bonchev–Trinajstić information content (AvgIpc) is 3.28. The minimum absolute atomic E-state index is 0.0241. The summed E-state index contributed by atoms with van der Waals surface area (Å²) in [5.41, 5.74) is 0. The standard InChI is InChI=1S/C57H106NO7P/c1-6-8-10-12-14-16-18-20-22-24-26-27-28-29-30-31-32-33-35-37-39-41-43-45-47-49-52-62-54-56(55-64-66(60,61)63-53-51-58(3,4)5)65-57(59)50-48-46-44-42-40-38-36-34-25-23-21-19-17-15-13-11-9-7-2/h8,10,14,16,20,22-23,25-27,56H,6-7,9,11-13,15,17-19,21,24,28-55H2,1-5H3/b10-8-,16-14-,22-20-,25-23-,27-26-. The summed E-state index contributed by atoms with van der Waals surface area (Å²) in [4.78, 5) is 25.2. The SMILES string of the molecule is CC/C=C\C/C=C\C/C=C\C/C=C\CCCCCCCCCCCCCCCOCC(COP(=O)([O-])OCC[N+](C)(C)C)OC(=O)CCCCCCCCC/C=C\CCCCCCCCC. The lowest BCUT2D eigenvalue weighted by Gasteiger charge is -2.28. The number of phosphoric acid groups is 1. The number of carbonyl (C=O) groups is 1. The van der Waals surface area contributed by atoms with Gasteiger partial charge in [-0.15, -0.1) is 0 Å². The van der Waals surface area contributed by atoms with Gasteiger partial charge < -0.3 is 27.9 Å². The van der Waals surface area contributed by atoms with Crippen LogP contribution in [0.4, 0.5) is 0 Å². The molecule has 0 aliphatic carbocycles. The molecule has 0 bridgehead atoms. The van der Waals surface area contributed by atoms with E-state index in [1.54, 1.807) is 0 Å². The molecule has 0 rings (SSSR count). The maximum atomic E-state index is 12.8. The van der Waals surface area contributed by atoms with Crippen molar-refractivity contribution < 1.29 is 37.3 Å². The van der Waals surface area contributed by atoms with Crippen molar-refractivity contribution in [1.29, 1.82) is 0 Å². The number of phosphoric ester groups is 1. The topological polar surface area (TPSA) is 94.1 Å². The van der Waals surface area contributed by atoms with E-state index in [0.717, 1.165) is 57.8 Å². The molecule has 0 aromatic carbocycles. The summed E-state index contributed by atoms with van der Waals surface area (Å²) in [6, 6.07) is 0. The largest absolute Gasteiger partial charge is 0.756 e. The first kappa shape index (κ1) is 64.2. The molecule has 0 saturated carbocycles. The predicted octanol–water partition coefficient (Wildman–Crippen LogP) is 16.6. The van der Waals surface area contributed by atoms with E-state index in [9.17, 15) is 14.3 Å². The smallest absolute Gasteiger partial charge is 0.306 e. The highest BCUT2D eigenvalue weighted by atomic mass is 31.2. The molecule has 0 aromatic heterocycles. The van der Waals surface area contributed by atoms with Crippen molar-refractivity contribution in [2.45, 2.75) is 245 Å². The molecule has 8 nitrogen and oxygen atoms in total. The van der Waals surface area contributed by atoms with Gasteiger partial charge in [-0.1, -0.05) is 216 Å². The van der Waals surface area contributed by atoms with Gasteiger partial charge in [0.05, 0.1) is 34.4 Å². The summed E-state index contributed by atoms with van der Waals surface area (Å²) < 4.78 is 34.8. The van der Waals surface area contributed by atoms with Crippen LogP contribution in [0.2, 0.25) is 0 Å². The van der Waals surface area contributed by atoms with Crippen molar-refractivity contribution in [3.63, 3.8) is 0 Å². The van der Waals surface area contributed by atoms with Crippen LogP contribution in [-0.2, 0) is 27.9 Å². The van der Waals surface area contributed by atoms with Crippen LogP contribution in [0.1, 0.15) is 239 Å². The van der Waals surface area contributed by atoms with Gasteiger partial charge in [-0.3, -0.25) is 9.36 Å². The number of allylic oxidation sites excluding steroid dienone is 10. The molecule has 2 atom stereocenters. The zero-order chi connectivity index (χ0) is 48.3. The van der Waals surface area contributed by atoms with Gasteiger partial charge in [0, 0.05) is 13.0 Å². The molecule has 66 heavy (non-hydrogen) atoms. The first-order chi connectivity index (χ1) is 32.1. The summed E-state index contributed by atoms with van der Waals surface area (Å²) in [5, 5.41) is 0. The Bertz CT molecular complexity index is 1240. The van der Waals surface area contributed by atoms with Gasteiger partial charge in [0.2, 0.25) is 0 Å². The van der Waals surface area contributed by atoms with Gasteiger partial charge in [0.25, 0.3) is 7.82 Å². The molecule has 9 heteroatoms. The van der Waals surface area contributed by atoms with Crippen molar-refractivity contribution in [3.05, 3.63) is 60.8 Å². The second-order valence-corrected chi connectivity index (χ2v) is 21.0. The highest BCUT2D eigenvalue weighted by Crippen LogP contribution is 2.38. The molecule has 0 fully saturated rings. The fourth-order valence-electron chi connectivity index (χ4n) is 7.59. The van der Waals surface area contributed by atoms with Crippen LogP contribution in [0.25, 0.3) is 0 Å². The lowest BCUT2D eigenvalue weighted by Crippen LogP contribution is -2.37. The molecular weight excluding hydrogens is 842 g/mol. The van der Waals surface area contributed by atoms with Crippen molar-refractivity contribution in [2.75, 3.05) is 54.1 Å². The Labute approximate surface area is 409 Å². The Morgan fingerprint density at radius 3 is 1.33 bits per heavy atom. The van der Waals surface area contributed by atoms with E-state index in [4.69, 9.17) is 18.5 Å². The maximum absolute atomic E-state index is 12.8. The van der Waals surface area contributed by atoms with Crippen molar-refractivity contribution >= 4 is 13.8 Å². The number of carbonyl (C=O) groups excluding carboxylic acids is 1. The molecule has 386 valence electrons. The average molecular weight is 948 g/mol. The second-order valence-electron chi connectivity index (χ2n) is 19.6. The number of hydrogen-bond acceptors (Lipinski definition) is 7. The molecule has 0 N–H and O–H groups in total. The lowest BCUT2D eigenvalue weighted by molar-refractivity contribution is -0.870. The van der Waals surface area contributed by atoms with Crippen molar-refractivity contribution in [2.24, 2.45) is 0 Å². The fraction of sp³-hybridized carbons (Fsp3) is 0.807. The number of hydrogen-bond donors (Lipinski definition) is 0. The quantitative estimate of drug-likeness (QED) is 0.0197. The van der Waals surface area contributed by atoms with Crippen LogP contribution in [0.5, 0.6) is 0 Å². The molecule has 0 aliphatic rings. The number of ether oxygens (including phenoxy) is 2. The van der Waals surface area contributed by atoms with E-state index < -0.39 is 13.9 Å². The first-order valence-electron chi connectivity index (χ1n) is 27.5. The zero-order valence-electron chi connectivity index (χ0n) is 43.9. The van der Waals surface area contributed by atoms with Gasteiger partial charge in [0.15, 0.2) is 0 Å². The third-order valence-corrected chi connectivity index (χ3v) is 12.8. The van der Waals surface area contributed by atoms with Crippen molar-refractivity contribution in [1.82, 2.24) is 0 Å². The Hall–Kier alpha value is -1.80. The highest BCUT2D eigenvalue weighted by molar-refractivity contribution is 7.45. The number of esters is 1. The Kier molecular flexibility index (Phi) is 48.3. The first-order valence-corrected chi connectivity index (χ1v) is 29.0. The van der Waals surface area contributed by atoms with Gasteiger partial charge in [0.1, 0.15) is 19.3 Å². The molecule has 0 saturated heterocycles. The summed E-state index contributed by atoms with van der Waals surface area (Å²) in [6.45, 7) is 5.32. The number of unbranched alkanes of at least 4 members (excludes halogenated alkanes) is 27. The number of rotatable bonds is 51. The van der Waals surface area contributed by atoms with Crippen LogP contribution >= 0.6 is 7.82 Å². The Morgan fingerprint density at radius 1 is 0.485 bits per heavy atom. The molecular formula is C57H106NO7P. The summed E-state index contributed by atoms with van der Waals surface area (Å²) in [6.07, 6.45) is 64.0. The van der Waals surface area contributed by atoms with Gasteiger partial charge in [-0.25, -0.2) is 0 Å². The molecule has 0 spiro atoms. The van der Waals surface area contributed by atoms with Gasteiger partial charge in [-0.2, -0.15) is 0 Å². The molecule has 0 aliphatic heterocycles. The maximum Gasteiger partial charge on any atom is 0.306 e. The predicted molar refractivity (Wildman–Crippen MR) is 282 cm³/mol. The summed E-state index contributed by atoms with van der Waals surface area (Å²) in [7, 11) is 1.35. The van der Waals surface area contributed by atoms with Crippen LogP contribution < -0.4 is 4.89 Å². The molecule has 0 amide bonds. The molecule has 0 heterocycles. The number of quaternary nitrogens is 1. The van der Waals surface area contributed by atoms with Crippen LogP contribution in [0.15, 0.2) is 60.8 Å². The van der Waals surface area contributed by atoms with Gasteiger partial charge in [-0.05, 0) is 77.0 Å². The van der Waals surface area contributed by atoms with Gasteiger partial charge >= 0.3 is 5.97 Å². The lowest BCUT2D eigenvalue weighted by atomic mass is 10.0. The molecule has 0 aromatic rings. The summed E-state index contributed by atoms with van der Waals surface area (Å²) in [5.74, 6) is -0.337. The monoisotopic (exact) mass is 948 g/mol.